The second-order valence-electron chi connectivity index (χ2n) is 4.62. The summed E-state index contributed by atoms with van der Waals surface area (Å²) in [6.45, 7) is 8.20. The Morgan fingerprint density at radius 3 is 2.81 bits per heavy atom. The molecule has 0 aromatic carbocycles. The number of nitrogens with one attached hydrogen (secondary N) is 1. The second kappa shape index (κ2) is 6.17. The van der Waals surface area contributed by atoms with Gasteiger partial charge in [0.05, 0.1) is 0 Å². The van der Waals surface area contributed by atoms with Gasteiger partial charge in [0.1, 0.15) is 0 Å². The van der Waals surface area contributed by atoms with Crippen LogP contribution in [0.15, 0.2) is 39.6 Å². The molecule has 0 aliphatic heterocycles. The predicted molar refractivity (Wildman–Crippen MR) is 85.9 cm³/mol. The van der Waals surface area contributed by atoms with Gasteiger partial charge in [-0.1, -0.05) is 30.0 Å². The maximum atomic E-state index is 12.1. The molecule has 0 saturated carbocycles. The molecular formula is C14H18N4O2S. The maximum absolute atomic E-state index is 12.1. The van der Waals surface area contributed by atoms with Crippen molar-refractivity contribution in [1.29, 1.82) is 0 Å². The Kier molecular flexibility index (Phi) is 4.52. The summed E-state index contributed by atoms with van der Waals surface area (Å²) in [6.07, 6.45) is 5.66. The Morgan fingerprint density at radius 1 is 1.48 bits per heavy atom. The van der Waals surface area contributed by atoms with Crippen LogP contribution in [0.3, 0.4) is 0 Å². The highest BCUT2D eigenvalue weighted by Gasteiger charge is 2.17. The van der Waals surface area contributed by atoms with Crippen molar-refractivity contribution in [2.45, 2.75) is 30.8 Å². The number of aryl methyl sites for hydroxylation is 1. The minimum absolute atomic E-state index is 0.155. The van der Waals surface area contributed by atoms with Gasteiger partial charge in [-0.05, 0) is 13.8 Å². The minimum atomic E-state index is -0.462. The second-order valence-corrected chi connectivity index (χ2v) is 5.97. The summed E-state index contributed by atoms with van der Waals surface area (Å²) in [4.78, 5) is 30.6. The van der Waals surface area contributed by atoms with E-state index in [0.29, 0.717) is 22.9 Å². The number of aromatic amines is 1. The maximum Gasteiger partial charge on any atom is 0.329 e. The van der Waals surface area contributed by atoms with Gasteiger partial charge in [-0.2, -0.15) is 0 Å². The van der Waals surface area contributed by atoms with Gasteiger partial charge in [-0.25, -0.2) is 9.78 Å². The van der Waals surface area contributed by atoms with Crippen LogP contribution in [0, 0.1) is 0 Å². The fourth-order valence-electron chi connectivity index (χ4n) is 1.90. The number of fused-ring (bicyclic) bond motifs is 1. The Bertz CT molecular complexity index is 813. The lowest BCUT2D eigenvalue weighted by molar-refractivity contribution is 0.742. The van der Waals surface area contributed by atoms with Crippen LogP contribution in [0.2, 0.25) is 0 Å². The Labute approximate surface area is 126 Å². The third-order valence-electron chi connectivity index (χ3n) is 3.12. The van der Waals surface area contributed by atoms with E-state index >= 15 is 0 Å². The molecular weight excluding hydrogens is 288 g/mol. The summed E-state index contributed by atoms with van der Waals surface area (Å²) >= 11 is 1.50. The average molecular weight is 306 g/mol. The van der Waals surface area contributed by atoms with Crippen molar-refractivity contribution in [3.63, 3.8) is 0 Å². The van der Waals surface area contributed by atoms with Crippen LogP contribution < -0.4 is 11.2 Å². The SMILES string of the molecule is C=C[C@@H](C)Sc1nc2c(c(=O)[nH]c(=O)n2C)n1C/C=C/C. The Morgan fingerprint density at radius 2 is 2.19 bits per heavy atom. The molecule has 2 rings (SSSR count). The van der Waals surface area contributed by atoms with Crippen molar-refractivity contribution in [3.8, 4) is 0 Å². The quantitative estimate of drug-likeness (QED) is 0.673. The molecule has 0 amide bonds. The lowest BCUT2D eigenvalue weighted by Crippen LogP contribution is -2.29. The first-order valence-corrected chi connectivity index (χ1v) is 7.47. The topological polar surface area (TPSA) is 72.7 Å². The van der Waals surface area contributed by atoms with Gasteiger partial charge in [0.2, 0.25) is 0 Å². The normalized spacial score (nSPS) is 13.1. The fourth-order valence-corrected chi connectivity index (χ4v) is 2.76. The van der Waals surface area contributed by atoms with E-state index in [9.17, 15) is 9.59 Å². The Balaban J connectivity index is 2.75. The highest BCUT2D eigenvalue weighted by atomic mass is 32.2. The van der Waals surface area contributed by atoms with Crippen LogP contribution in [0.25, 0.3) is 11.2 Å². The molecule has 1 N–H and O–H groups in total. The molecule has 1 atom stereocenters. The van der Waals surface area contributed by atoms with Gasteiger partial charge in [0.25, 0.3) is 5.56 Å². The number of imidazole rings is 1. The van der Waals surface area contributed by atoms with Gasteiger partial charge in [0.15, 0.2) is 16.3 Å². The van der Waals surface area contributed by atoms with Gasteiger partial charge in [0, 0.05) is 18.8 Å². The van der Waals surface area contributed by atoms with Gasteiger partial charge in [-0.3, -0.25) is 14.3 Å². The summed E-state index contributed by atoms with van der Waals surface area (Å²) in [5.41, 5.74) is -0.0688. The smallest absolute Gasteiger partial charge is 0.309 e. The zero-order valence-corrected chi connectivity index (χ0v) is 13.1. The van der Waals surface area contributed by atoms with Crippen LogP contribution in [-0.4, -0.2) is 24.4 Å². The van der Waals surface area contributed by atoms with E-state index in [1.54, 1.807) is 7.05 Å². The van der Waals surface area contributed by atoms with Crippen LogP contribution in [0.5, 0.6) is 0 Å². The van der Waals surface area contributed by atoms with E-state index in [4.69, 9.17) is 0 Å². The van der Waals surface area contributed by atoms with Crippen molar-refractivity contribution >= 4 is 22.9 Å². The van der Waals surface area contributed by atoms with Gasteiger partial charge < -0.3 is 4.57 Å². The zero-order chi connectivity index (χ0) is 15.6. The van der Waals surface area contributed by atoms with E-state index in [-0.39, 0.29) is 5.25 Å². The molecule has 21 heavy (non-hydrogen) atoms. The molecule has 0 radical (unpaired) electrons. The molecule has 0 spiro atoms. The van der Waals surface area contributed by atoms with Crippen LogP contribution >= 0.6 is 11.8 Å². The average Bonchev–Trinajstić information content (AvgIpc) is 2.81. The molecule has 2 aromatic rings. The fraction of sp³-hybridized carbons (Fsp3) is 0.357. The molecule has 112 valence electrons. The largest absolute Gasteiger partial charge is 0.329 e. The number of thioether (sulfide) groups is 1. The summed E-state index contributed by atoms with van der Waals surface area (Å²) < 4.78 is 3.17. The summed E-state index contributed by atoms with van der Waals surface area (Å²) in [7, 11) is 1.60. The molecule has 0 unspecified atom stereocenters. The summed E-state index contributed by atoms with van der Waals surface area (Å²) in [5.74, 6) is 0. The van der Waals surface area contributed by atoms with Crippen molar-refractivity contribution in [2.24, 2.45) is 7.05 Å². The first kappa shape index (κ1) is 15.4. The van der Waals surface area contributed by atoms with Crippen LogP contribution in [0.4, 0.5) is 0 Å². The molecule has 2 heterocycles. The van der Waals surface area contributed by atoms with Crippen LogP contribution in [-0.2, 0) is 13.6 Å². The number of hydrogen-bond donors (Lipinski definition) is 1. The molecule has 0 saturated heterocycles. The lowest BCUT2D eigenvalue weighted by Gasteiger charge is -2.07. The molecule has 0 aliphatic carbocycles. The number of rotatable bonds is 5. The molecule has 6 nitrogen and oxygen atoms in total. The van der Waals surface area contributed by atoms with Gasteiger partial charge in [-0.15, -0.1) is 6.58 Å². The number of hydrogen-bond acceptors (Lipinski definition) is 4. The monoisotopic (exact) mass is 306 g/mol. The van der Waals surface area contributed by atoms with E-state index in [2.05, 4.69) is 16.5 Å². The van der Waals surface area contributed by atoms with Gasteiger partial charge >= 0.3 is 5.69 Å². The van der Waals surface area contributed by atoms with E-state index in [0.717, 1.165) is 0 Å². The lowest BCUT2D eigenvalue weighted by atomic mass is 10.4. The molecule has 7 heteroatoms. The molecule has 0 fully saturated rings. The van der Waals surface area contributed by atoms with Crippen molar-refractivity contribution < 1.29 is 0 Å². The summed E-state index contributed by atoms with van der Waals surface area (Å²) in [6, 6.07) is 0. The van der Waals surface area contributed by atoms with Crippen molar-refractivity contribution in [2.75, 3.05) is 0 Å². The molecule has 0 aliphatic rings. The highest BCUT2D eigenvalue weighted by Crippen LogP contribution is 2.25. The third-order valence-corrected chi connectivity index (χ3v) is 4.21. The first-order valence-electron chi connectivity index (χ1n) is 6.59. The van der Waals surface area contributed by atoms with E-state index < -0.39 is 11.2 Å². The predicted octanol–water partition coefficient (Wildman–Crippen LogP) is 1.67. The Hall–Kier alpha value is -2.02. The van der Waals surface area contributed by atoms with Crippen molar-refractivity contribution in [3.05, 3.63) is 45.6 Å². The minimum Gasteiger partial charge on any atom is -0.309 e. The zero-order valence-electron chi connectivity index (χ0n) is 12.3. The molecule has 0 bridgehead atoms. The number of H-pyrrole nitrogens is 1. The number of aromatic nitrogens is 4. The number of allylic oxidation sites excluding steroid dienone is 2. The summed E-state index contributed by atoms with van der Waals surface area (Å²) in [5, 5.41) is 0.851. The highest BCUT2D eigenvalue weighted by molar-refractivity contribution is 7.99. The standard InChI is InChI=1S/C14H18N4O2S/c1-5-7-8-18-10-11(15-14(18)21-9(3)6-2)17(4)13(20)16-12(10)19/h5-7,9H,2,8H2,1,3-4H3,(H,16,19,20)/b7-5+/t9-/m1/s1. The van der Waals surface area contributed by atoms with Crippen molar-refractivity contribution in [1.82, 2.24) is 19.1 Å². The van der Waals surface area contributed by atoms with E-state index in [1.807, 2.05) is 36.6 Å². The molecule has 2 aromatic heterocycles. The third kappa shape index (κ3) is 2.87. The number of nitrogens with zero attached hydrogens (tertiary/aromatic N) is 3. The van der Waals surface area contributed by atoms with Crippen LogP contribution in [0.1, 0.15) is 13.8 Å². The first-order chi connectivity index (χ1) is 9.99. The van der Waals surface area contributed by atoms with E-state index in [1.165, 1.54) is 16.3 Å².